The van der Waals surface area contributed by atoms with Gasteiger partial charge in [0.1, 0.15) is 5.15 Å². The maximum Gasteiger partial charge on any atom is 0.129 e. The molecule has 1 aromatic heterocycles. The summed E-state index contributed by atoms with van der Waals surface area (Å²) in [5, 5.41) is 10.5. The second-order valence-corrected chi connectivity index (χ2v) is 5.06. The molecule has 1 unspecified atom stereocenters. The molecule has 1 N–H and O–H groups in total. The molecule has 2 aromatic rings. The summed E-state index contributed by atoms with van der Waals surface area (Å²) >= 11 is 9.16. The average Bonchev–Trinajstić information content (AvgIpc) is 2.32. The van der Waals surface area contributed by atoms with Gasteiger partial charge in [0.25, 0.3) is 0 Å². The van der Waals surface area contributed by atoms with E-state index in [-0.39, 0.29) is 0 Å². The zero-order valence-electron chi connectivity index (χ0n) is 8.98. The van der Waals surface area contributed by atoms with Crippen molar-refractivity contribution < 1.29 is 5.11 Å². The van der Waals surface area contributed by atoms with E-state index >= 15 is 0 Å². The van der Waals surface area contributed by atoms with Gasteiger partial charge in [0.2, 0.25) is 0 Å². The van der Waals surface area contributed by atoms with E-state index in [1.807, 2.05) is 24.3 Å². The number of aromatic nitrogens is 1. The molecule has 0 saturated heterocycles. The lowest BCUT2D eigenvalue weighted by Gasteiger charge is -2.11. The van der Waals surface area contributed by atoms with E-state index in [9.17, 15) is 5.11 Å². The predicted molar refractivity (Wildman–Crippen MR) is 72.1 cm³/mol. The SMILES string of the molecule is OC(Cc1ccc(Br)cc1)c1ccnc(Cl)c1. The Morgan fingerprint density at radius 2 is 1.94 bits per heavy atom. The second-order valence-electron chi connectivity index (χ2n) is 3.76. The molecular weight excluding hydrogens is 302 g/mol. The lowest BCUT2D eigenvalue weighted by Crippen LogP contribution is -2.01. The zero-order chi connectivity index (χ0) is 12.3. The normalized spacial score (nSPS) is 12.4. The number of nitrogens with zero attached hydrogens (tertiary/aromatic N) is 1. The van der Waals surface area contributed by atoms with Crippen LogP contribution in [-0.4, -0.2) is 10.1 Å². The first-order valence-corrected chi connectivity index (χ1v) is 6.36. The van der Waals surface area contributed by atoms with Crippen LogP contribution in [0.3, 0.4) is 0 Å². The van der Waals surface area contributed by atoms with Gasteiger partial charge < -0.3 is 5.11 Å². The largest absolute Gasteiger partial charge is 0.388 e. The van der Waals surface area contributed by atoms with Crippen molar-refractivity contribution in [2.75, 3.05) is 0 Å². The van der Waals surface area contributed by atoms with Gasteiger partial charge in [-0.15, -0.1) is 0 Å². The third kappa shape index (κ3) is 3.53. The maximum atomic E-state index is 10.1. The van der Waals surface area contributed by atoms with Gasteiger partial charge in [-0.3, -0.25) is 0 Å². The summed E-state index contributed by atoms with van der Waals surface area (Å²) in [6.45, 7) is 0. The summed E-state index contributed by atoms with van der Waals surface area (Å²) in [4.78, 5) is 3.89. The molecule has 0 fully saturated rings. The number of hydrogen-bond acceptors (Lipinski definition) is 2. The minimum Gasteiger partial charge on any atom is -0.388 e. The molecule has 0 saturated carbocycles. The van der Waals surface area contributed by atoms with Crippen LogP contribution in [0.25, 0.3) is 0 Å². The summed E-state index contributed by atoms with van der Waals surface area (Å²) < 4.78 is 1.03. The Morgan fingerprint density at radius 3 is 2.59 bits per heavy atom. The van der Waals surface area contributed by atoms with Crippen LogP contribution in [0.5, 0.6) is 0 Å². The van der Waals surface area contributed by atoms with Crippen molar-refractivity contribution in [1.29, 1.82) is 0 Å². The molecule has 0 amide bonds. The minimum atomic E-state index is -0.559. The number of rotatable bonds is 3. The lowest BCUT2D eigenvalue weighted by atomic mass is 10.0. The Balaban J connectivity index is 2.11. The van der Waals surface area contributed by atoms with E-state index in [0.29, 0.717) is 11.6 Å². The molecule has 0 spiro atoms. The van der Waals surface area contributed by atoms with Crippen LogP contribution < -0.4 is 0 Å². The topological polar surface area (TPSA) is 33.1 Å². The number of aliphatic hydroxyl groups excluding tert-OH is 1. The van der Waals surface area contributed by atoms with E-state index in [1.54, 1.807) is 18.3 Å². The molecule has 17 heavy (non-hydrogen) atoms. The fourth-order valence-electron chi connectivity index (χ4n) is 1.59. The van der Waals surface area contributed by atoms with Crippen LogP contribution >= 0.6 is 27.5 Å². The zero-order valence-corrected chi connectivity index (χ0v) is 11.3. The highest BCUT2D eigenvalue weighted by Crippen LogP contribution is 2.21. The Bertz CT molecular complexity index is 501. The van der Waals surface area contributed by atoms with Gasteiger partial charge >= 0.3 is 0 Å². The van der Waals surface area contributed by atoms with Gasteiger partial charge in [0, 0.05) is 17.1 Å². The molecular formula is C13H11BrClNO. The van der Waals surface area contributed by atoms with Crippen molar-refractivity contribution in [3.05, 3.63) is 63.3 Å². The third-order valence-electron chi connectivity index (χ3n) is 2.48. The first kappa shape index (κ1) is 12.6. The van der Waals surface area contributed by atoms with Crippen molar-refractivity contribution in [2.45, 2.75) is 12.5 Å². The molecule has 4 heteroatoms. The quantitative estimate of drug-likeness (QED) is 0.875. The second kappa shape index (κ2) is 5.63. The van der Waals surface area contributed by atoms with Crippen LogP contribution in [0.1, 0.15) is 17.2 Å². The average molecular weight is 313 g/mol. The van der Waals surface area contributed by atoms with Crippen molar-refractivity contribution in [2.24, 2.45) is 0 Å². The number of pyridine rings is 1. The highest BCUT2D eigenvalue weighted by molar-refractivity contribution is 9.10. The molecule has 2 nitrogen and oxygen atoms in total. The molecule has 0 aliphatic rings. The van der Waals surface area contributed by atoms with E-state index in [1.165, 1.54) is 0 Å². The Hall–Kier alpha value is -0.900. The Morgan fingerprint density at radius 1 is 1.24 bits per heavy atom. The van der Waals surface area contributed by atoms with E-state index in [4.69, 9.17) is 11.6 Å². The van der Waals surface area contributed by atoms with Crippen LogP contribution in [0.15, 0.2) is 47.1 Å². The fourth-order valence-corrected chi connectivity index (χ4v) is 2.03. The number of halogens is 2. The highest BCUT2D eigenvalue weighted by Gasteiger charge is 2.09. The predicted octanol–water partition coefficient (Wildman–Crippen LogP) is 3.77. The van der Waals surface area contributed by atoms with Gasteiger partial charge in [0.05, 0.1) is 6.10 Å². The van der Waals surface area contributed by atoms with Crippen LogP contribution in [0.2, 0.25) is 5.15 Å². The molecule has 0 aliphatic carbocycles. The number of aliphatic hydroxyl groups is 1. The summed E-state index contributed by atoms with van der Waals surface area (Å²) in [6, 6.07) is 11.3. The smallest absolute Gasteiger partial charge is 0.129 e. The highest BCUT2D eigenvalue weighted by atomic mass is 79.9. The number of benzene rings is 1. The van der Waals surface area contributed by atoms with Crippen molar-refractivity contribution in [3.8, 4) is 0 Å². The lowest BCUT2D eigenvalue weighted by molar-refractivity contribution is 0.178. The first-order chi connectivity index (χ1) is 8.15. The maximum absolute atomic E-state index is 10.1. The summed E-state index contributed by atoms with van der Waals surface area (Å²) in [7, 11) is 0. The minimum absolute atomic E-state index is 0.400. The molecule has 2 rings (SSSR count). The Labute approximate surface area is 113 Å². The van der Waals surface area contributed by atoms with Crippen molar-refractivity contribution in [1.82, 2.24) is 4.98 Å². The van der Waals surface area contributed by atoms with E-state index in [2.05, 4.69) is 20.9 Å². The molecule has 0 bridgehead atoms. The summed E-state index contributed by atoms with van der Waals surface area (Å²) in [5.41, 5.74) is 1.86. The Kier molecular flexibility index (Phi) is 4.15. The number of hydrogen-bond donors (Lipinski definition) is 1. The van der Waals surface area contributed by atoms with Crippen LogP contribution in [-0.2, 0) is 6.42 Å². The van der Waals surface area contributed by atoms with Gasteiger partial charge in [-0.1, -0.05) is 39.7 Å². The molecule has 1 aromatic carbocycles. The molecule has 0 aliphatic heterocycles. The van der Waals surface area contributed by atoms with Crippen LogP contribution in [0.4, 0.5) is 0 Å². The standard InChI is InChI=1S/C13H11BrClNO/c14-11-3-1-9(2-4-11)7-12(17)10-5-6-16-13(15)8-10/h1-6,8,12,17H,7H2. The van der Waals surface area contributed by atoms with Gasteiger partial charge in [-0.25, -0.2) is 4.98 Å². The van der Waals surface area contributed by atoms with Crippen molar-refractivity contribution in [3.63, 3.8) is 0 Å². The molecule has 88 valence electrons. The first-order valence-electron chi connectivity index (χ1n) is 5.19. The summed E-state index contributed by atoms with van der Waals surface area (Å²) in [6.07, 6.45) is 1.60. The van der Waals surface area contributed by atoms with Crippen LogP contribution in [0, 0.1) is 0 Å². The fraction of sp³-hybridized carbons (Fsp3) is 0.154. The van der Waals surface area contributed by atoms with Gasteiger partial charge in [-0.2, -0.15) is 0 Å². The molecule has 0 radical (unpaired) electrons. The molecule has 1 atom stereocenters. The van der Waals surface area contributed by atoms with E-state index < -0.39 is 6.10 Å². The van der Waals surface area contributed by atoms with Gasteiger partial charge in [0.15, 0.2) is 0 Å². The summed E-state index contributed by atoms with van der Waals surface area (Å²) in [5.74, 6) is 0. The van der Waals surface area contributed by atoms with E-state index in [0.717, 1.165) is 15.6 Å². The van der Waals surface area contributed by atoms with Crippen molar-refractivity contribution >= 4 is 27.5 Å². The monoisotopic (exact) mass is 311 g/mol. The van der Waals surface area contributed by atoms with Gasteiger partial charge in [-0.05, 0) is 35.4 Å². The third-order valence-corrected chi connectivity index (χ3v) is 3.21. The molecule has 1 heterocycles.